The molecule has 0 spiro atoms. The molecule has 7 heteroatoms. The van der Waals surface area contributed by atoms with E-state index in [0.717, 1.165) is 22.6 Å². The van der Waals surface area contributed by atoms with Crippen molar-refractivity contribution in [2.45, 2.75) is 13.5 Å². The van der Waals surface area contributed by atoms with Crippen LogP contribution < -0.4 is 10.5 Å². The molecule has 3 aromatic carbocycles. The highest BCUT2D eigenvalue weighted by atomic mass is 16.2. The fraction of sp³-hybridized carbons (Fsp3) is 0.0769. The van der Waals surface area contributed by atoms with Gasteiger partial charge in [0.1, 0.15) is 18.3 Å². The number of benzene rings is 3. The number of aromatic nitrogens is 4. The molecule has 0 saturated heterocycles. The van der Waals surface area contributed by atoms with Gasteiger partial charge in [-0.15, -0.1) is 0 Å². The average Bonchev–Trinajstić information content (AvgIpc) is 3.28. The van der Waals surface area contributed by atoms with Crippen molar-refractivity contribution in [3.05, 3.63) is 113 Å². The van der Waals surface area contributed by atoms with Crippen molar-refractivity contribution in [3.8, 4) is 5.69 Å². The molecule has 0 saturated carbocycles. The predicted octanol–water partition coefficient (Wildman–Crippen LogP) is 4.26. The zero-order valence-electron chi connectivity index (χ0n) is 18.0. The minimum atomic E-state index is -0.312. The van der Waals surface area contributed by atoms with Crippen LogP contribution in [0.1, 0.15) is 5.56 Å². The van der Waals surface area contributed by atoms with Crippen LogP contribution in [0.25, 0.3) is 16.7 Å². The molecule has 33 heavy (non-hydrogen) atoms. The molecular weight excluding hydrogens is 414 g/mol. The van der Waals surface area contributed by atoms with Gasteiger partial charge in [-0.3, -0.25) is 19.1 Å². The normalized spacial score (nSPS) is 10.9. The number of carbonyl (C=O) groups excluding carboxylic acids is 1. The number of nitrogens with zero attached hydrogens (tertiary/aromatic N) is 5. The maximum atomic E-state index is 13.4. The summed E-state index contributed by atoms with van der Waals surface area (Å²) in [7, 11) is 0. The smallest absolute Gasteiger partial charge is 0.264 e. The second-order valence-electron chi connectivity index (χ2n) is 7.71. The third-order valence-electron chi connectivity index (χ3n) is 5.42. The molecule has 0 aliphatic heterocycles. The molecule has 0 aliphatic carbocycles. The maximum absolute atomic E-state index is 13.4. The molecule has 2 aromatic heterocycles. The van der Waals surface area contributed by atoms with Crippen molar-refractivity contribution >= 4 is 28.3 Å². The van der Waals surface area contributed by atoms with Gasteiger partial charge < -0.3 is 0 Å². The van der Waals surface area contributed by atoms with Gasteiger partial charge in [0.2, 0.25) is 0 Å². The Kier molecular flexibility index (Phi) is 5.28. The second kappa shape index (κ2) is 8.55. The Morgan fingerprint density at radius 2 is 1.48 bits per heavy atom. The first-order valence-corrected chi connectivity index (χ1v) is 10.5. The minimum absolute atomic E-state index is 0.152. The van der Waals surface area contributed by atoms with Gasteiger partial charge in [-0.1, -0.05) is 54.1 Å². The molecule has 5 aromatic rings. The van der Waals surface area contributed by atoms with Crippen LogP contribution in [0.4, 0.5) is 11.4 Å². The Bertz CT molecular complexity index is 1430. The quantitative estimate of drug-likeness (QED) is 0.414. The lowest BCUT2D eigenvalue weighted by Gasteiger charge is -2.23. The number of rotatable bonds is 5. The van der Waals surface area contributed by atoms with Crippen LogP contribution in [-0.2, 0) is 11.3 Å². The van der Waals surface area contributed by atoms with Gasteiger partial charge in [0.15, 0.2) is 5.65 Å². The fourth-order valence-electron chi connectivity index (χ4n) is 3.74. The van der Waals surface area contributed by atoms with Gasteiger partial charge in [0.25, 0.3) is 11.5 Å². The van der Waals surface area contributed by atoms with E-state index >= 15 is 0 Å². The molecule has 0 N–H and O–H groups in total. The highest BCUT2D eigenvalue weighted by Gasteiger charge is 2.20. The summed E-state index contributed by atoms with van der Waals surface area (Å²) in [5.41, 5.74) is 3.54. The van der Waals surface area contributed by atoms with Crippen molar-refractivity contribution in [2.24, 2.45) is 0 Å². The number of hydrogen-bond acceptors (Lipinski definition) is 4. The SMILES string of the molecule is Cc1ccc(-n2ncc3c(=O)n(CC(=O)N(c4ccccc4)c4ccccc4)cnc32)cc1. The zero-order chi connectivity index (χ0) is 22.8. The van der Waals surface area contributed by atoms with E-state index in [1.165, 1.54) is 17.1 Å². The highest BCUT2D eigenvalue weighted by Crippen LogP contribution is 2.25. The maximum Gasteiger partial charge on any atom is 0.264 e. The summed E-state index contributed by atoms with van der Waals surface area (Å²) in [5.74, 6) is -0.249. The molecule has 0 fully saturated rings. The van der Waals surface area contributed by atoms with Crippen LogP contribution in [0, 0.1) is 6.92 Å². The van der Waals surface area contributed by atoms with E-state index < -0.39 is 0 Å². The van der Waals surface area contributed by atoms with Gasteiger partial charge in [-0.25, -0.2) is 9.67 Å². The predicted molar refractivity (Wildman–Crippen MR) is 128 cm³/mol. The van der Waals surface area contributed by atoms with E-state index in [4.69, 9.17) is 0 Å². The lowest BCUT2D eigenvalue weighted by atomic mass is 10.2. The summed E-state index contributed by atoms with van der Waals surface area (Å²) in [5, 5.41) is 4.71. The number of fused-ring (bicyclic) bond motifs is 1. The molecule has 0 bridgehead atoms. The lowest BCUT2D eigenvalue weighted by Crippen LogP contribution is -2.33. The van der Waals surface area contributed by atoms with Crippen molar-refractivity contribution in [1.29, 1.82) is 0 Å². The van der Waals surface area contributed by atoms with E-state index in [1.807, 2.05) is 91.9 Å². The minimum Gasteiger partial charge on any atom is -0.289 e. The molecule has 162 valence electrons. The second-order valence-corrected chi connectivity index (χ2v) is 7.71. The summed E-state index contributed by atoms with van der Waals surface area (Å²) >= 11 is 0. The summed E-state index contributed by atoms with van der Waals surface area (Å²) < 4.78 is 2.95. The Morgan fingerprint density at radius 1 is 0.879 bits per heavy atom. The van der Waals surface area contributed by atoms with Crippen LogP contribution in [-0.4, -0.2) is 25.2 Å². The van der Waals surface area contributed by atoms with E-state index in [2.05, 4.69) is 10.1 Å². The van der Waals surface area contributed by atoms with E-state index in [-0.39, 0.29) is 18.0 Å². The average molecular weight is 435 g/mol. The van der Waals surface area contributed by atoms with E-state index in [9.17, 15) is 9.59 Å². The van der Waals surface area contributed by atoms with Crippen molar-refractivity contribution in [1.82, 2.24) is 19.3 Å². The number of carbonyl (C=O) groups is 1. The van der Waals surface area contributed by atoms with Gasteiger partial charge >= 0.3 is 0 Å². The number of amides is 1. The Balaban J connectivity index is 1.50. The Hall–Kier alpha value is -4.52. The zero-order valence-corrected chi connectivity index (χ0v) is 18.0. The van der Waals surface area contributed by atoms with Crippen LogP contribution in [0.5, 0.6) is 0 Å². The third kappa shape index (κ3) is 3.92. The number of aryl methyl sites for hydroxylation is 1. The molecule has 0 radical (unpaired) electrons. The Morgan fingerprint density at radius 3 is 2.09 bits per heavy atom. The fourth-order valence-corrected chi connectivity index (χ4v) is 3.74. The molecule has 7 nitrogen and oxygen atoms in total. The molecule has 2 heterocycles. The monoisotopic (exact) mass is 435 g/mol. The van der Waals surface area contributed by atoms with Crippen molar-refractivity contribution in [3.63, 3.8) is 0 Å². The number of anilines is 2. The van der Waals surface area contributed by atoms with Crippen LogP contribution in [0.3, 0.4) is 0 Å². The molecule has 1 amide bonds. The Labute approximate surface area is 190 Å². The van der Waals surface area contributed by atoms with E-state index in [0.29, 0.717) is 11.0 Å². The van der Waals surface area contributed by atoms with Gasteiger partial charge in [-0.2, -0.15) is 5.10 Å². The summed E-state index contributed by atoms with van der Waals surface area (Å²) in [6, 6.07) is 26.5. The largest absolute Gasteiger partial charge is 0.289 e. The van der Waals surface area contributed by atoms with Gasteiger partial charge in [0.05, 0.1) is 11.9 Å². The third-order valence-corrected chi connectivity index (χ3v) is 5.42. The highest BCUT2D eigenvalue weighted by molar-refractivity contribution is 6.00. The first-order chi connectivity index (χ1) is 16.1. The van der Waals surface area contributed by atoms with Crippen LogP contribution in [0.2, 0.25) is 0 Å². The standard InChI is InChI=1S/C26H21N5O2/c1-19-12-14-22(15-13-19)31-25-23(16-28-31)26(33)29(18-27-25)17-24(32)30(20-8-4-2-5-9-20)21-10-6-3-7-11-21/h2-16,18H,17H2,1H3. The molecule has 0 aliphatic rings. The van der Waals surface area contributed by atoms with Gasteiger partial charge in [-0.05, 0) is 43.3 Å². The lowest BCUT2D eigenvalue weighted by molar-refractivity contribution is -0.118. The van der Waals surface area contributed by atoms with E-state index in [1.54, 1.807) is 9.58 Å². The van der Waals surface area contributed by atoms with Gasteiger partial charge in [0, 0.05) is 11.4 Å². The summed E-state index contributed by atoms with van der Waals surface area (Å²) in [6.07, 6.45) is 2.90. The van der Waals surface area contributed by atoms with Crippen LogP contribution >= 0.6 is 0 Å². The topological polar surface area (TPSA) is 73.0 Å². The molecule has 0 atom stereocenters. The molecular formula is C26H21N5O2. The first-order valence-electron chi connectivity index (χ1n) is 10.5. The molecule has 0 unspecified atom stereocenters. The summed E-state index contributed by atoms with van der Waals surface area (Å²) in [4.78, 5) is 32.6. The van der Waals surface area contributed by atoms with Crippen molar-refractivity contribution < 1.29 is 4.79 Å². The number of para-hydroxylation sites is 2. The molecule has 5 rings (SSSR count). The summed E-state index contributed by atoms with van der Waals surface area (Å²) in [6.45, 7) is 1.86. The number of hydrogen-bond donors (Lipinski definition) is 0. The van der Waals surface area contributed by atoms with Crippen molar-refractivity contribution in [2.75, 3.05) is 4.90 Å². The first kappa shape index (κ1) is 20.4. The van der Waals surface area contributed by atoms with Crippen LogP contribution in [0.15, 0.2) is 102 Å².